The molecule has 1 aliphatic heterocycles. The Bertz CT molecular complexity index is 466. The van der Waals surface area contributed by atoms with Gasteiger partial charge in [0.2, 0.25) is 0 Å². The van der Waals surface area contributed by atoms with Gasteiger partial charge in [-0.2, -0.15) is 8.78 Å². The maximum absolute atomic E-state index is 12.3. The van der Waals surface area contributed by atoms with Gasteiger partial charge in [-0.25, -0.2) is 4.99 Å². The average molecular weight is 258 g/mol. The van der Waals surface area contributed by atoms with E-state index < -0.39 is 6.61 Å². The van der Waals surface area contributed by atoms with Crippen molar-refractivity contribution in [2.24, 2.45) is 10.7 Å². The predicted molar refractivity (Wildman–Crippen MR) is 59.9 cm³/mol. The summed E-state index contributed by atoms with van der Waals surface area (Å²) in [6.45, 7) is -2.63. The van der Waals surface area contributed by atoms with Crippen LogP contribution in [0.15, 0.2) is 23.2 Å². The van der Waals surface area contributed by atoms with Crippen molar-refractivity contribution in [1.82, 2.24) is 0 Å². The normalized spacial score (nSPS) is 18.4. The summed E-state index contributed by atoms with van der Waals surface area (Å²) >= 11 is 0. The topological polar surface area (TPSA) is 66.1 Å². The van der Waals surface area contributed by atoms with Crippen LogP contribution >= 0.6 is 0 Å². The summed E-state index contributed by atoms with van der Waals surface area (Å²) < 4.78 is 38.8. The van der Waals surface area contributed by atoms with Crippen molar-refractivity contribution in [2.75, 3.05) is 13.7 Å². The molecule has 0 amide bonds. The Kier molecular flexibility index (Phi) is 3.50. The number of aliphatic imine (C=N–C) groups is 1. The van der Waals surface area contributed by atoms with Gasteiger partial charge in [0, 0.05) is 0 Å². The Morgan fingerprint density at radius 2 is 2.22 bits per heavy atom. The van der Waals surface area contributed by atoms with Gasteiger partial charge in [-0.15, -0.1) is 0 Å². The Labute approximate surface area is 102 Å². The van der Waals surface area contributed by atoms with Gasteiger partial charge in [-0.1, -0.05) is 6.07 Å². The van der Waals surface area contributed by atoms with Crippen molar-refractivity contribution in [3.8, 4) is 11.5 Å². The number of hydrogen-bond acceptors (Lipinski definition) is 5. The first kappa shape index (κ1) is 12.4. The Morgan fingerprint density at radius 3 is 2.78 bits per heavy atom. The third kappa shape index (κ3) is 2.61. The highest BCUT2D eigenvalue weighted by Crippen LogP contribution is 2.33. The highest BCUT2D eigenvalue weighted by molar-refractivity contribution is 5.73. The number of rotatable bonds is 4. The lowest BCUT2D eigenvalue weighted by molar-refractivity contribution is -0.0512. The Balaban J connectivity index is 2.27. The molecule has 1 heterocycles. The summed E-state index contributed by atoms with van der Waals surface area (Å²) in [4.78, 5) is 4.02. The summed E-state index contributed by atoms with van der Waals surface area (Å²) in [6.07, 6.45) is 0. The average Bonchev–Trinajstić information content (AvgIpc) is 2.75. The van der Waals surface area contributed by atoms with Crippen molar-refractivity contribution in [3.05, 3.63) is 23.8 Å². The molecule has 1 aromatic rings. The van der Waals surface area contributed by atoms with E-state index >= 15 is 0 Å². The van der Waals surface area contributed by atoms with Gasteiger partial charge in [0.05, 0.1) is 7.11 Å². The number of nitrogens with zero attached hydrogens (tertiary/aromatic N) is 1. The third-order valence-electron chi connectivity index (χ3n) is 2.46. The van der Waals surface area contributed by atoms with E-state index in [1.807, 2.05) is 0 Å². The smallest absolute Gasteiger partial charge is 0.387 e. The molecule has 1 atom stereocenters. The number of nitrogens with two attached hydrogens (primary N) is 1. The molecule has 0 spiro atoms. The van der Waals surface area contributed by atoms with Crippen molar-refractivity contribution in [1.29, 1.82) is 0 Å². The molecule has 0 bridgehead atoms. The predicted octanol–water partition coefficient (Wildman–Crippen LogP) is 1.68. The number of ether oxygens (including phenoxy) is 3. The monoisotopic (exact) mass is 258 g/mol. The molecule has 2 rings (SSSR count). The first-order valence-electron chi connectivity index (χ1n) is 5.19. The summed E-state index contributed by atoms with van der Waals surface area (Å²) in [5, 5.41) is 0. The fourth-order valence-corrected chi connectivity index (χ4v) is 1.65. The van der Waals surface area contributed by atoms with Crippen LogP contribution in [-0.2, 0) is 4.74 Å². The van der Waals surface area contributed by atoms with Crippen LogP contribution in [0, 0.1) is 0 Å². The second-order valence-corrected chi connectivity index (χ2v) is 3.58. The lowest BCUT2D eigenvalue weighted by Crippen LogP contribution is -2.10. The van der Waals surface area contributed by atoms with E-state index in [0.29, 0.717) is 5.56 Å². The molecule has 0 saturated heterocycles. The maximum atomic E-state index is 12.3. The van der Waals surface area contributed by atoms with Crippen LogP contribution in [0.25, 0.3) is 0 Å². The van der Waals surface area contributed by atoms with Crippen LogP contribution in [0.1, 0.15) is 11.6 Å². The molecule has 1 aromatic carbocycles. The Morgan fingerprint density at radius 1 is 1.44 bits per heavy atom. The van der Waals surface area contributed by atoms with Crippen molar-refractivity contribution >= 4 is 6.02 Å². The van der Waals surface area contributed by atoms with E-state index in [1.165, 1.54) is 19.2 Å². The zero-order valence-corrected chi connectivity index (χ0v) is 9.60. The number of benzene rings is 1. The van der Waals surface area contributed by atoms with Gasteiger partial charge < -0.3 is 19.9 Å². The molecule has 0 saturated carbocycles. The van der Waals surface area contributed by atoms with Crippen LogP contribution < -0.4 is 15.2 Å². The minimum atomic E-state index is -2.91. The van der Waals surface area contributed by atoms with Gasteiger partial charge in [0.1, 0.15) is 12.6 Å². The van der Waals surface area contributed by atoms with E-state index in [-0.39, 0.29) is 30.2 Å². The molecule has 18 heavy (non-hydrogen) atoms. The van der Waals surface area contributed by atoms with Crippen molar-refractivity contribution in [2.45, 2.75) is 12.7 Å². The van der Waals surface area contributed by atoms with Crippen LogP contribution in [0.4, 0.5) is 8.78 Å². The Hall–Kier alpha value is -2.05. The van der Waals surface area contributed by atoms with Crippen molar-refractivity contribution in [3.63, 3.8) is 0 Å². The first-order chi connectivity index (χ1) is 8.60. The number of hydrogen-bond donors (Lipinski definition) is 1. The highest BCUT2D eigenvalue weighted by Gasteiger charge is 2.21. The molecular weight excluding hydrogens is 246 g/mol. The minimum Gasteiger partial charge on any atom is -0.493 e. The summed E-state index contributed by atoms with van der Waals surface area (Å²) in [7, 11) is 1.38. The van der Waals surface area contributed by atoms with Crippen LogP contribution in [0.2, 0.25) is 0 Å². The van der Waals surface area contributed by atoms with Crippen LogP contribution in [0.3, 0.4) is 0 Å². The quantitative estimate of drug-likeness (QED) is 0.892. The lowest BCUT2D eigenvalue weighted by atomic mass is 10.1. The second-order valence-electron chi connectivity index (χ2n) is 3.58. The zero-order chi connectivity index (χ0) is 13.1. The minimum absolute atomic E-state index is 0.0364. The van der Waals surface area contributed by atoms with Crippen molar-refractivity contribution < 1.29 is 23.0 Å². The van der Waals surface area contributed by atoms with E-state index in [9.17, 15) is 8.78 Å². The second kappa shape index (κ2) is 5.07. The lowest BCUT2D eigenvalue weighted by Gasteiger charge is -2.12. The van der Waals surface area contributed by atoms with E-state index in [1.54, 1.807) is 6.07 Å². The number of methoxy groups -OCH3 is 1. The van der Waals surface area contributed by atoms with Gasteiger partial charge in [0.15, 0.2) is 11.5 Å². The van der Waals surface area contributed by atoms with Gasteiger partial charge in [-0.05, 0) is 17.7 Å². The molecule has 0 aliphatic carbocycles. The van der Waals surface area contributed by atoms with Gasteiger partial charge in [0.25, 0.3) is 6.02 Å². The molecular formula is C11H12F2N2O3. The fourth-order valence-electron chi connectivity index (χ4n) is 1.65. The molecule has 0 fully saturated rings. The molecule has 5 nitrogen and oxygen atoms in total. The van der Waals surface area contributed by atoms with E-state index in [2.05, 4.69) is 9.73 Å². The summed E-state index contributed by atoms with van der Waals surface area (Å²) in [5.74, 6) is 0.195. The molecule has 98 valence electrons. The molecule has 0 aromatic heterocycles. The number of alkyl halides is 2. The van der Waals surface area contributed by atoms with E-state index in [0.717, 1.165) is 0 Å². The largest absolute Gasteiger partial charge is 0.493 e. The third-order valence-corrected chi connectivity index (χ3v) is 2.46. The summed E-state index contributed by atoms with van der Waals surface area (Å²) in [5.41, 5.74) is 6.06. The number of halogens is 2. The zero-order valence-electron chi connectivity index (χ0n) is 9.60. The molecule has 1 aliphatic rings. The fraction of sp³-hybridized carbons (Fsp3) is 0.364. The SMILES string of the molecule is COc1ccc(C2COC(N)=N2)cc1OC(F)F. The van der Waals surface area contributed by atoms with Crippen LogP contribution in [-0.4, -0.2) is 26.3 Å². The first-order valence-corrected chi connectivity index (χ1v) is 5.19. The number of amidine groups is 1. The highest BCUT2D eigenvalue weighted by atomic mass is 19.3. The van der Waals surface area contributed by atoms with Gasteiger partial charge in [-0.3, -0.25) is 0 Å². The van der Waals surface area contributed by atoms with Gasteiger partial charge >= 0.3 is 6.61 Å². The molecule has 7 heteroatoms. The molecule has 1 unspecified atom stereocenters. The molecule has 2 N–H and O–H groups in total. The van der Waals surface area contributed by atoms with E-state index in [4.69, 9.17) is 15.2 Å². The van der Waals surface area contributed by atoms with Crippen LogP contribution in [0.5, 0.6) is 11.5 Å². The maximum Gasteiger partial charge on any atom is 0.387 e. The molecule has 0 radical (unpaired) electrons. The standard InChI is InChI=1S/C11H12F2N2O3/c1-16-8-3-2-6(4-9(8)18-10(12)13)7-5-17-11(14)15-7/h2-4,7,10H,5H2,1H3,(H2,14,15). The summed E-state index contributed by atoms with van der Waals surface area (Å²) in [6, 6.07) is 4.47.